The summed E-state index contributed by atoms with van der Waals surface area (Å²) in [5, 5.41) is 12.5. The quantitative estimate of drug-likeness (QED) is 0.710. The first-order chi connectivity index (χ1) is 11.7. The number of aliphatic hydroxyl groups is 1. The van der Waals surface area contributed by atoms with Crippen molar-refractivity contribution >= 4 is 16.8 Å². The lowest BCUT2D eigenvalue weighted by molar-refractivity contribution is -0.122. The number of hydrogen-bond acceptors (Lipinski definition) is 5. The molecule has 0 saturated heterocycles. The average molecular weight is 327 g/mol. The number of aryl methyl sites for hydroxylation is 1. The lowest BCUT2D eigenvalue weighted by Crippen LogP contribution is -2.32. The summed E-state index contributed by atoms with van der Waals surface area (Å²) in [6.45, 7) is -0.0600. The van der Waals surface area contributed by atoms with E-state index in [-0.39, 0.29) is 31.0 Å². The summed E-state index contributed by atoms with van der Waals surface area (Å²) in [6, 6.07) is 9.83. The van der Waals surface area contributed by atoms with E-state index in [2.05, 4.69) is 10.3 Å². The molecule has 3 aromatic rings. The van der Waals surface area contributed by atoms with Gasteiger partial charge in [0, 0.05) is 13.0 Å². The highest BCUT2D eigenvalue weighted by Gasteiger charge is 2.16. The minimum atomic E-state index is -0.598. The molecule has 0 spiro atoms. The summed E-state index contributed by atoms with van der Waals surface area (Å²) in [4.78, 5) is 28.6. The molecule has 0 aliphatic carbocycles. The van der Waals surface area contributed by atoms with Gasteiger partial charge in [0.1, 0.15) is 11.8 Å². The summed E-state index contributed by atoms with van der Waals surface area (Å²) < 4.78 is 6.58. The first-order valence-electron chi connectivity index (χ1n) is 7.57. The predicted octanol–water partition coefficient (Wildman–Crippen LogP) is 1.23. The van der Waals surface area contributed by atoms with Crippen LogP contribution in [0.5, 0.6) is 0 Å². The smallest absolute Gasteiger partial charge is 0.261 e. The van der Waals surface area contributed by atoms with Crippen LogP contribution in [0.1, 0.15) is 18.2 Å². The molecule has 0 saturated carbocycles. The number of nitrogens with one attached hydrogen (secondary N) is 1. The van der Waals surface area contributed by atoms with Crippen LogP contribution in [0.4, 0.5) is 0 Å². The molecule has 0 aliphatic heterocycles. The van der Waals surface area contributed by atoms with Crippen molar-refractivity contribution in [3.63, 3.8) is 0 Å². The van der Waals surface area contributed by atoms with Crippen LogP contribution >= 0.6 is 0 Å². The highest BCUT2D eigenvalue weighted by atomic mass is 16.3. The Morgan fingerprint density at radius 2 is 2.12 bits per heavy atom. The molecule has 2 heterocycles. The number of hydrogen-bond donors (Lipinski definition) is 2. The summed E-state index contributed by atoms with van der Waals surface area (Å²) in [5.41, 5.74) is 0.444. The first-order valence-corrected chi connectivity index (χ1v) is 7.57. The summed E-state index contributed by atoms with van der Waals surface area (Å²) in [6.07, 6.45) is 3.01. The van der Waals surface area contributed by atoms with Crippen LogP contribution in [0, 0.1) is 0 Å². The molecule has 0 aliphatic rings. The second kappa shape index (κ2) is 7.10. The van der Waals surface area contributed by atoms with Gasteiger partial charge in [0.2, 0.25) is 5.91 Å². The number of fused-ring (bicyclic) bond motifs is 1. The fourth-order valence-electron chi connectivity index (χ4n) is 2.45. The van der Waals surface area contributed by atoms with Gasteiger partial charge in [-0.2, -0.15) is 0 Å². The van der Waals surface area contributed by atoms with Crippen LogP contribution in [0.15, 0.2) is 58.2 Å². The van der Waals surface area contributed by atoms with Crippen molar-refractivity contribution in [2.45, 2.75) is 19.0 Å². The zero-order valence-electron chi connectivity index (χ0n) is 12.9. The molecule has 0 bridgehead atoms. The molecule has 3 rings (SSSR count). The normalized spacial score (nSPS) is 12.2. The average Bonchev–Trinajstić information content (AvgIpc) is 3.14. The molecule has 0 radical (unpaired) electrons. The molecular weight excluding hydrogens is 310 g/mol. The number of para-hydroxylation sites is 1. The molecule has 2 aromatic heterocycles. The minimum absolute atomic E-state index is 0.0944. The molecule has 7 nitrogen and oxygen atoms in total. The van der Waals surface area contributed by atoms with Crippen molar-refractivity contribution in [3.8, 4) is 0 Å². The zero-order chi connectivity index (χ0) is 16.9. The number of carbonyl (C=O) groups is 1. The number of benzene rings is 1. The van der Waals surface area contributed by atoms with Crippen LogP contribution in [0.25, 0.3) is 10.9 Å². The van der Waals surface area contributed by atoms with Gasteiger partial charge in [-0.15, -0.1) is 0 Å². The van der Waals surface area contributed by atoms with Crippen LogP contribution in [-0.4, -0.2) is 27.2 Å². The fourth-order valence-corrected chi connectivity index (χ4v) is 2.45. The number of aliphatic hydroxyl groups excluding tert-OH is 1. The van der Waals surface area contributed by atoms with Crippen LogP contribution in [-0.2, 0) is 11.3 Å². The van der Waals surface area contributed by atoms with E-state index in [9.17, 15) is 14.7 Å². The van der Waals surface area contributed by atoms with E-state index in [1.807, 2.05) is 6.07 Å². The first kappa shape index (κ1) is 15.9. The van der Waals surface area contributed by atoms with Gasteiger partial charge < -0.3 is 14.8 Å². The molecule has 1 aromatic carbocycles. The standard InChI is InChI=1S/C17H17N3O4/c21-10-14(15-6-3-9-24-15)19-16(22)7-8-20-11-18-13-5-2-1-4-12(13)17(20)23/h1-6,9,11,14,21H,7-8,10H2,(H,19,22). The van der Waals surface area contributed by atoms with E-state index >= 15 is 0 Å². The van der Waals surface area contributed by atoms with E-state index in [0.717, 1.165) is 0 Å². The van der Waals surface area contributed by atoms with E-state index < -0.39 is 6.04 Å². The second-order valence-electron chi connectivity index (χ2n) is 5.33. The SMILES string of the molecule is O=C(CCn1cnc2ccccc2c1=O)NC(CO)c1ccco1. The third kappa shape index (κ3) is 3.36. The summed E-state index contributed by atoms with van der Waals surface area (Å²) in [7, 11) is 0. The maximum atomic E-state index is 12.3. The van der Waals surface area contributed by atoms with Gasteiger partial charge in [-0.05, 0) is 24.3 Å². The Hall–Kier alpha value is -2.93. The molecule has 7 heteroatoms. The van der Waals surface area contributed by atoms with Crippen molar-refractivity contribution in [1.82, 2.24) is 14.9 Å². The molecule has 1 unspecified atom stereocenters. The van der Waals surface area contributed by atoms with Crippen molar-refractivity contribution in [3.05, 3.63) is 65.1 Å². The van der Waals surface area contributed by atoms with E-state index in [1.54, 1.807) is 30.3 Å². The van der Waals surface area contributed by atoms with Crippen molar-refractivity contribution in [2.24, 2.45) is 0 Å². The van der Waals surface area contributed by atoms with Crippen LogP contribution in [0.2, 0.25) is 0 Å². The van der Waals surface area contributed by atoms with Crippen molar-refractivity contribution in [1.29, 1.82) is 0 Å². The number of rotatable bonds is 6. The van der Waals surface area contributed by atoms with Gasteiger partial charge in [0.25, 0.3) is 5.56 Å². The van der Waals surface area contributed by atoms with Gasteiger partial charge in [-0.25, -0.2) is 4.98 Å². The summed E-state index contributed by atoms with van der Waals surface area (Å²) in [5.74, 6) is 0.195. The van der Waals surface area contributed by atoms with E-state index in [0.29, 0.717) is 16.7 Å². The third-order valence-corrected chi connectivity index (χ3v) is 3.72. The van der Waals surface area contributed by atoms with Gasteiger partial charge in [-0.1, -0.05) is 12.1 Å². The Morgan fingerprint density at radius 1 is 1.29 bits per heavy atom. The Kier molecular flexibility index (Phi) is 4.72. The maximum absolute atomic E-state index is 12.3. The molecule has 2 N–H and O–H groups in total. The molecule has 1 amide bonds. The Morgan fingerprint density at radius 3 is 2.88 bits per heavy atom. The number of carbonyl (C=O) groups excluding carboxylic acids is 1. The number of nitrogens with zero attached hydrogens (tertiary/aromatic N) is 2. The Bertz CT molecular complexity index is 886. The van der Waals surface area contributed by atoms with Gasteiger partial charge >= 0.3 is 0 Å². The van der Waals surface area contributed by atoms with Gasteiger partial charge in [-0.3, -0.25) is 14.2 Å². The molecule has 0 fully saturated rings. The zero-order valence-corrected chi connectivity index (χ0v) is 12.9. The highest BCUT2D eigenvalue weighted by molar-refractivity contribution is 5.77. The van der Waals surface area contributed by atoms with E-state index in [4.69, 9.17) is 4.42 Å². The number of amides is 1. The van der Waals surface area contributed by atoms with Crippen LogP contribution in [0.3, 0.4) is 0 Å². The topological polar surface area (TPSA) is 97.4 Å². The number of furan rings is 1. The molecular formula is C17H17N3O4. The summed E-state index contributed by atoms with van der Waals surface area (Å²) >= 11 is 0. The van der Waals surface area contributed by atoms with Gasteiger partial charge in [0.05, 0.1) is 30.1 Å². The van der Waals surface area contributed by atoms with Crippen molar-refractivity contribution < 1.29 is 14.3 Å². The second-order valence-corrected chi connectivity index (χ2v) is 5.33. The lowest BCUT2D eigenvalue weighted by Gasteiger charge is -2.14. The Labute approximate surface area is 137 Å². The van der Waals surface area contributed by atoms with Crippen LogP contribution < -0.4 is 10.9 Å². The Balaban J connectivity index is 1.66. The largest absolute Gasteiger partial charge is 0.467 e. The maximum Gasteiger partial charge on any atom is 0.261 e. The fraction of sp³-hybridized carbons (Fsp3) is 0.235. The predicted molar refractivity (Wildman–Crippen MR) is 87.3 cm³/mol. The number of aromatic nitrogens is 2. The molecule has 1 atom stereocenters. The molecule has 24 heavy (non-hydrogen) atoms. The van der Waals surface area contributed by atoms with Gasteiger partial charge in [0.15, 0.2) is 0 Å². The monoisotopic (exact) mass is 327 g/mol. The minimum Gasteiger partial charge on any atom is -0.467 e. The third-order valence-electron chi connectivity index (χ3n) is 3.72. The highest BCUT2D eigenvalue weighted by Crippen LogP contribution is 2.12. The van der Waals surface area contributed by atoms with E-state index in [1.165, 1.54) is 17.2 Å². The lowest BCUT2D eigenvalue weighted by atomic mass is 10.2. The molecule has 124 valence electrons. The van der Waals surface area contributed by atoms with Crippen molar-refractivity contribution in [2.75, 3.05) is 6.61 Å².